The number of tetrazole rings is 1. The summed E-state index contributed by atoms with van der Waals surface area (Å²) in [4.78, 5) is 35.6. The predicted molar refractivity (Wildman–Crippen MR) is 136 cm³/mol. The molecule has 1 atom stereocenters. The summed E-state index contributed by atoms with van der Waals surface area (Å²) in [7, 11) is 0. The van der Waals surface area contributed by atoms with Gasteiger partial charge in [-0.05, 0) is 41.0 Å². The number of nitrogens with zero attached hydrogens (tertiary/aromatic N) is 4. The molecule has 0 aliphatic heterocycles. The molecule has 3 aromatic rings. The number of hydrogen-bond acceptors (Lipinski definition) is 9. The van der Waals surface area contributed by atoms with E-state index in [0.29, 0.717) is 37.4 Å². The number of carbonyl (C=O) groups is 3. The number of benzene rings is 2. The molecule has 0 radical (unpaired) electrons. The first kappa shape index (κ1) is 28.3. The molecule has 202 valence electrons. The van der Waals surface area contributed by atoms with Crippen LogP contribution in [0.3, 0.4) is 0 Å². The number of alkyl carbamates (subject to hydrolysis) is 1. The second-order valence-electron chi connectivity index (χ2n) is 8.29. The second kappa shape index (κ2) is 15.7. The maximum absolute atomic E-state index is 12.0. The van der Waals surface area contributed by atoms with Crippen LogP contribution in [0.5, 0.6) is 0 Å². The van der Waals surface area contributed by atoms with Gasteiger partial charge in [-0.15, -0.1) is 5.10 Å². The van der Waals surface area contributed by atoms with Gasteiger partial charge in [0, 0.05) is 13.5 Å². The summed E-state index contributed by atoms with van der Waals surface area (Å²) in [6.07, 6.45) is 0.643. The van der Waals surface area contributed by atoms with Crippen molar-refractivity contribution in [1.82, 2.24) is 30.8 Å². The van der Waals surface area contributed by atoms with Crippen LogP contribution in [0.2, 0.25) is 0 Å². The number of amides is 2. The van der Waals surface area contributed by atoms with Crippen LogP contribution in [-0.2, 0) is 32.2 Å². The van der Waals surface area contributed by atoms with Gasteiger partial charge in [-0.3, -0.25) is 4.79 Å². The lowest BCUT2D eigenvalue weighted by atomic mass is 10.2. The Labute approximate surface area is 220 Å². The van der Waals surface area contributed by atoms with Gasteiger partial charge in [0.1, 0.15) is 12.6 Å². The first-order chi connectivity index (χ1) is 18.5. The zero-order valence-corrected chi connectivity index (χ0v) is 21.2. The standard InChI is InChI=1S/C26H32N6O6/c1-20(33)28-23(19-36-18-21-10-4-2-5-11-21)24-29-30-31-32(24)15-17-38-26(35)27-14-8-9-16-37-25(34)22-12-6-3-7-13-22/h2-7,10-13,23H,8-9,14-19H2,1H3,(H,27,35)(H,28,33). The maximum atomic E-state index is 12.0. The number of hydrogen-bond donors (Lipinski definition) is 2. The molecule has 0 saturated carbocycles. The van der Waals surface area contributed by atoms with Gasteiger partial charge in [0.05, 0.1) is 31.9 Å². The Hall–Kier alpha value is -4.32. The van der Waals surface area contributed by atoms with E-state index in [1.54, 1.807) is 24.3 Å². The molecule has 12 nitrogen and oxygen atoms in total. The molecule has 1 heterocycles. The van der Waals surface area contributed by atoms with Gasteiger partial charge < -0.3 is 24.8 Å². The zero-order chi connectivity index (χ0) is 27.0. The number of unbranched alkanes of at least 4 members (excludes halogenated alkanes) is 1. The Morgan fingerprint density at radius 1 is 0.947 bits per heavy atom. The lowest BCUT2D eigenvalue weighted by Gasteiger charge is -2.17. The van der Waals surface area contributed by atoms with E-state index in [1.807, 2.05) is 36.4 Å². The van der Waals surface area contributed by atoms with Gasteiger partial charge in [0.15, 0.2) is 5.82 Å². The number of ether oxygens (including phenoxy) is 3. The molecule has 12 heteroatoms. The summed E-state index contributed by atoms with van der Waals surface area (Å²) in [6, 6.07) is 17.8. The van der Waals surface area contributed by atoms with Gasteiger partial charge in [0.2, 0.25) is 5.91 Å². The molecule has 0 saturated heterocycles. The molecule has 2 aromatic carbocycles. The van der Waals surface area contributed by atoms with Crippen LogP contribution in [0.25, 0.3) is 0 Å². The van der Waals surface area contributed by atoms with Crippen LogP contribution in [0.4, 0.5) is 4.79 Å². The topological polar surface area (TPSA) is 147 Å². The van der Waals surface area contributed by atoms with Crippen molar-refractivity contribution in [3.8, 4) is 0 Å². The highest BCUT2D eigenvalue weighted by Gasteiger charge is 2.21. The Morgan fingerprint density at radius 2 is 1.68 bits per heavy atom. The molecule has 0 aliphatic carbocycles. The van der Waals surface area contributed by atoms with Crippen LogP contribution >= 0.6 is 0 Å². The number of esters is 1. The summed E-state index contributed by atoms with van der Waals surface area (Å²) < 4.78 is 17.6. The molecule has 0 fully saturated rings. The quantitative estimate of drug-likeness (QED) is 0.226. The number of aromatic nitrogens is 4. The summed E-state index contributed by atoms with van der Waals surface area (Å²) in [5, 5.41) is 17.1. The summed E-state index contributed by atoms with van der Waals surface area (Å²) in [5.74, 6) is -0.232. The average Bonchev–Trinajstić information content (AvgIpc) is 3.39. The molecular formula is C26H32N6O6. The van der Waals surface area contributed by atoms with Crippen molar-refractivity contribution in [3.63, 3.8) is 0 Å². The molecule has 2 N–H and O–H groups in total. The van der Waals surface area contributed by atoms with Crippen LogP contribution < -0.4 is 10.6 Å². The summed E-state index contributed by atoms with van der Waals surface area (Å²) in [5.41, 5.74) is 1.50. The summed E-state index contributed by atoms with van der Waals surface area (Å²) >= 11 is 0. The van der Waals surface area contributed by atoms with E-state index in [4.69, 9.17) is 14.2 Å². The second-order valence-corrected chi connectivity index (χ2v) is 8.29. The predicted octanol–water partition coefficient (Wildman–Crippen LogP) is 2.43. The molecule has 1 aromatic heterocycles. The minimum absolute atomic E-state index is 0.0240. The highest BCUT2D eigenvalue weighted by molar-refractivity contribution is 5.89. The van der Waals surface area contributed by atoms with E-state index < -0.39 is 12.1 Å². The lowest BCUT2D eigenvalue weighted by Crippen LogP contribution is -2.33. The largest absolute Gasteiger partial charge is 0.462 e. The SMILES string of the molecule is CC(=O)NC(COCc1ccccc1)c1nnnn1CCOC(=O)NCCCCOC(=O)c1ccccc1. The fraction of sp³-hybridized carbons (Fsp3) is 0.385. The number of nitrogens with one attached hydrogen (secondary N) is 2. The first-order valence-corrected chi connectivity index (χ1v) is 12.3. The molecule has 38 heavy (non-hydrogen) atoms. The van der Waals surface area contributed by atoms with Crippen LogP contribution in [0, 0.1) is 0 Å². The summed E-state index contributed by atoms with van der Waals surface area (Å²) in [6.45, 7) is 2.79. The third-order valence-electron chi connectivity index (χ3n) is 5.26. The van der Waals surface area contributed by atoms with E-state index in [1.165, 1.54) is 11.6 Å². The van der Waals surface area contributed by atoms with Gasteiger partial charge in [0.25, 0.3) is 0 Å². The fourth-order valence-electron chi connectivity index (χ4n) is 3.43. The minimum atomic E-state index is -0.578. The monoisotopic (exact) mass is 524 g/mol. The Balaban J connectivity index is 1.33. The van der Waals surface area contributed by atoms with Crippen molar-refractivity contribution >= 4 is 18.0 Å². The zero-order valence-electron chi connectivity index (χ0n) is 21.2. The fourth-order valence-corrected chi connectivity index (χ4v) is 3.43. The highest BCUT2D eigenvalue weighted by Crippen LogP contribution is 2.11. The highest BCUT2D eigenvalue weighted by atomic mass is 16.5. The van der Waals surface area contributed by atoms with Crippen molar-refractivity contribution in [2.75, 3.05) is 26.4 Å². The van der Waals surface area contributed by atoms with E-state index in [2.05, 4.69) is 26.2 Å². The minimum Gasteiger partial charge on any atom is -0.462 e. The molecule has 2 amide bonds. The molecule has 0 bridgehead atoms. The van der Waals surface area contributed by atoms with Gasteiger partial charge in [-0.25, -0.2) is 14.3 Å². The van der Waals surface area contributed by atoms with E-state index in [9.17, 15) is 14.4 Å². The van der Waals surface area contributed by atoms with Gasteiger partial charge in [-0.1, -0.05) is 48.5 Å². The number of carbonyl (C=O) groups excluding carboxylic acids is 3. The van der Waals surface area contributed by atoms with Crippen molar-refractivity contribution in [1.29, 1.82) is 0 Å². The average molecular weight is 525 g/mol. The molecular weight excluding hydrogens is 492 g/mol. The van der Waals surface area contributed by atoms with Crippen LogP contribution in [0.15, 0.2) is 60.7 Å². The third kappa shape index (κ3) is 9.97. The van der Waals surface area contributed by atoms with Gasteiger partial charge in [-0.2, -0.15) is 0 Å². The van der Waals surface area contributed by atoms with E-state index >= 15 is 0 Å². The van der Waals surface area contributed by atoms with E-state index in [-0.39, 0.29) is 38.2 Å². The van der Waals surface area contributed by atoms with Crippen LogP contribution in [-0.4, -0.2) is 64.5 Å². The number of rotatable bonds is 15. The van der Waals surface area contributed by atoms with Crippen LogP contribution in [0.1, 0.15) is 47.6 Å². The van der Waals surface area contributed by atoms with Crippen molar-refractivity contribution in [2.24, 2.45) is 0 Å². The molecule has 0 spiro atoms. The smallest absolute Gasteiger partial charge is 0.407 e. The van der Waals surface area contributed by atoms with E-state index in [0.717, 1.165) is 5.56 Å². The normalized spacial score (nSPS) is 11.4. The first-order valence-electron chi connectivity index (χ1n) is 12.3. The van der Waals surface area contributed by atoms with Crippen molar-refractivity contribution in [2.45, 2.75) is 39.0 Å². The Morgan fingerprint density at radius 3 is 2.42 bits per heavy atom. The third-order valence-corrected chi connectivity index (χ3v) is 5.26. The Kier molecular flexibility index (Phi) is 11.7. The molecule has 3 rings (SSSR count). The molecule has 1 unspecified atom stereocenters. The lowest BCUT2D eigenvalue weighted by molar-refractivity contribution is -0.120. The molecule has 0 aliphatic rings. The van der Waals surface area contributed by atoms with Crippen molar-refractivity contribution < 1.29 is 28.6 Å². The Bertz CT molecular complexity index is 1140. The van der Waals surface area contributed by atoms with Crippen molar-refractivity contribution in [3.05, 3.63) is 77.6 Å². The maximum Gasteiger partial charge on any atom is 0.407 e. The van der Waals surface area contributed by atoms with Gasteiger partial charge >= 0.3 is 12.1 Å².